The Bertz CT molecular complexity index is 521. The predicted molar refractivity (Wildman–Crippen MR) is 64.4 cm³/mol. The number of nitrogens with one attached hydrogen (secondary N) is 1. The Labute approximate surface area is 98.9 Å². The number of nitrogens with zero attached hydrogens (tertiary/aromatic N) is 1. The second kappa shape index (κ2) is 4.97. The Balaban J connectivity index is 2.16. The molecule has 90 valence electrons. The molecule has 2 aromatic rings. The van der Waals surface area contributed by atoms with Crippen LogP contribution in [-0.2, 0) is 16.0 Å². The average molecular weight is 233 g/mol. The van der Waals surface area contributed by atoms with Crippen LogP contribution in [0.15, 0.2) is 24.3 Å². The molecule has 0 saturated heterocycles. The van der Waals surface area contributed by atoms with E-state index in [4.69, 9.17) is 10.5 Å². The van der Waals surface area contributed by atoms with Gasteiger partial charge in [-0.25, -0.2) is 0 Å². The van der Waals surface area contributed by atoms with Crippen LogP contribution in [0.3, 0.4) is 0 Å². The lowest BCUT2D eigenvalue weighted by Gasteiger charge is -2.09. The second-order valence-corrected chi connectivity index (χ2v) is 3.78. The summed E-state index contributed by atoms with van der Waals surface area (Å²) in [6.07, 6.45) is 0.402. The summed E-state index contributed by atoms with van der Waals surface area (Å²) in [4.78, 5) is 11.4. The Morgan fingerprint density at radius 1 is 1.53 bits per heavy atom. The Hall–Kier alpha value is -1.88. The highest BCUT2D eigenvalue weighted by molar-refractivity contribution is 5.82. The molecule has 0 aliphatic carbocycles. The fraction of sp³-hybridized carbons (Fsp3) is 0.333. The highest BCUT2D eigenvalue weighted by atomic mass is 16.5. The van der Waals surface area contributed by atoms with Crippen LogP contribution in [0.5, 0.6) is 0 Å². The number of carbonyl (C=O) groups is 1. The fourth-order valence-electron chi connectivity index (χ4n) is 1.72. The van der Waals surface area contributed by atoms with Crippen LogP contribution in [0.2, 0.25) is 0 Å². The van der Waals surface area contributed by atoms with E-state index < -0.39 is 6.04 Å². The summed E-state index contributed by atoms with van der Waals surface area (Å²) in [7, 11) is 0. The van der Waals surface area contributed by atoms with E-state index in [1.54, 1.807) is 6.92 Å². The number of hydrogen-bond donors (Lipinski definition) is 2. The van der Waals surface area contributed by atoms with E-state index in [0.717, 1.165) is 16.6 Å². The summed E-state index contributed by atoms with van der Waals surface area (Å²) >= 11 is 0. The SMILES string of the molecule is CCOC(=O)C(N)Cc1[nH]nc2ccccc12. The van der Waals surface area contributed by atoms with Gasteiger partial charge in [0.2, 0.25) is 0 Å². The van der Waals surface area contributed by atoms with Crippen molar-refractivity contribution in [1.82, 2.24) is 10.2 Å². The molecule has 0 aliphatic heterocycles. The van der Waals surface area contributed by atoms with Crippen LogP contribution in [-0.4, -0.2) is 28.8 Å². The van der Waals surface area contributed by atoms with E-state index >= 15 is 0 Å². The topological polar surface area (TPSA) is 81.0 Å². The molecule has 2 rings (SSSR count). The standard InChI is InChI=1S/C12H15N3O2/c1-2-17-12(16)9(13)7-11-8-5-3-4-6-10(8)14-15-11/h3-6,9H,2,7,13H2,1H3,(H,14,15). The van der Waals surface area contributed by atoms with Crippen molar-refractivity contribution in [3.63, 3.8) is 0 Å². The molecule has 1 atom stereocenters. The van der Waals surface area contributed by atoms with Gasteiger partial charge in [-0.15, -0.1) is 0 Å². The van der Waals surface area contributed by atoms with Crippen LogP contribution < -0.4 is 5.73 Å². The maximum atomic E-state index is 11.4. The zero-order valence-corrected chi connectivity index (χ0v) is 9.64. The van der Waals surface area contributed by atoms with Crippen LogP contribution in [0.4, 0.5) is 0 Å². The smallest absolute Gasteiger partial charge is 0.323 e. The largest absolute Gasteiger partial charge is 0.465 e. The number of benzene rings is 1. The van der Waals surface area contributed by atoms with Crippen molar-refractivity contribution in [1.29, 1.82) is 0 Å². The van der Waals surface area contributed by atoms with Gasteiger partial charge < -0.3 is 10.5 Å². The van der Waals surface area contributed by atoms with Crippen LogP contribution in [0, 0.1) is 0 Å². The Morgan fingerprint density at radius 3 is 3.06 bits per heavy atom. The van der Waals surface area contributed by atoms with Gasteiger partial charge in [-0.2, -0.15) is 5.10 Å². The summed E-state index contributed by atoms with van der Waals surface area (Å²) in [6, 6.07) is 7.05. The van der Waals surface area contributed by atoms with Gasteiger partial charge in [0.1, 0.15) is 6.04 Å². The number of H-pyrrole nitrogens is 1. The molecule has 0 radical (unpaired) electrons. The summed E-state index contributed by atoms with van der Waals surface area (Å²) in [5.41, 5.74) is 7.50. The molecule has 5 nitrogen and oxygen atoms in total. The minimum absolute atomic E-state index is 0.344. The predicted octanol–water partition coefficient (Wildman–Crippen LogP) is 0.996. The molecule has 17 heavy (non-hydrogen) atoms. The number of fused-ring (bicyclic) bond motifs is 1. The Morgan fingerprint density at radius 2 is 2.29 bits per heavy atom. The van der Waals surface area contributed by atoms with Crippen molar-refractivity contribution in [2.45, 2.75) is 19.4 Å². The number of aromatic amines is 1. The van der Waals surface area contributed by atoms with E-state index in [-0.39, 0.29) is 5.97 Å². The van der Waals surface area contributed by atoms with E-state index in [2.05, 4.69) is 10.2 Å². The van der Waals surface area contributed by atoms with Crippen molar-refractivity contribution < 1.29 is 9.53 Å². The number of carbonyl (C=O) groups excluding carboxylic acids is 1. The van der Waals surface area contributed by atoms with Gasteiger partial charge in [0.25, 0.3) is 0 Å². The first-order valence-electron chi connectivity index (χ1n) is 5.56. The van der Waals surface area contributed by atoms with Gasteiger partial charge in [0.05, 0.1) is 12.1 Å². The lowest BCUT2D eigenvalue weighted by molar-refractivity contribution is -0.144. The van der Waals surface area contributed by atoms with Gasteiger partial charge in [0.15, 0.2) is 0 Å². The molecule has 1 heterocycles. The third-order valence-corrected chi connectivity index (χ3v) is 2.55. The van der Waals surface area contributed by atoms with Crippen molar-refractivity contribution in [3.8, 4) is 0 Å². The molecular weight excluding hydrogens is 218 g/mol. The minimum Gasteiger partial charge on any atom is -0.465 e. The molecule has 0 bridgehead atoms. The molecule has 0 fully saturated rings. The third kappa shape index (κ3) is 2.45. The molecule has 1 aromatic carbocycles. The lowest BCUT2D eigenvalue weighted by atomic mass is 10.1. The first kappa shape index (κ1) is 11.6. The summed E-state index contributed by atoms with van der Waals surface area (Å²) < 4.78 is 4.87. The van der Waals surface area contributed by atoms with Crippen molar-refractivity contribution in [2.75, 3.05) is 6.61 Å². The summed E-state index contributed by atoms with van der Waals surface area (Å²) in [6.45, 7) is 2.10. The van der Waals surface area contributed by atoms with E-state index in [0.29, 0.717) is 13.0 Å². The van der Waals surface area contributed by atoms with Crippen molar-refractivity contribution >= 4 is 16.9 Å². The number of rotatable bonds is 4. The van der Waals surface area contributed by atoms with Crippen LogP contribution >= 0.6 is 0 Å². The van der Waals surface area contributed by atoms with Crippen molar-refractivity contribution in [3.05, 3.63) is 30.0 Å². The third-order valence-electron chi connectivity index (χ3n) is 2.55. The van der Waals surface area contributed by atoms with Gasteiger partial charge in [-0.05, 0) is 13.0 Å². The average Bonchev–Trinajstić information content (AvgIpc) is 2.73. The first-order chi connectivity index (χ1) is 8.22. The second-order valence-electron chi connectivity index (χ2n) is 3.78. The number of nitrogens with two attached hydrogens (primary N) is 1. The minimum atomic E-state index is -0.654. The highest BCUT2D eigenvalue weighted by Crippen LogP contribution is 2.16. The van der Waals surface area contributed by atoms with Gasteiger partial charge >= 0.3 is 5.97 Å². The van der Waals surface area contributed by atoms with E-state index in [9.17, 15) is 4.79 Å². The van der Waals surface area contributed by atoms with Gasteiger partial charge in [-0.1, -0.05) is 18.2 Å². The number of para-hydroxylation sites is 1. The molecule has 0 saturated carbocycles. The van der Waals surface area contributed by atoms with E-state index in [1.807, 2.05) is 24.3 Å². The molecule has 0 spiro atoms. The monoisotopic (exact) mass is 233 g/mol. The highest BCUT2D eigenvalue weighted by Gasteiger charge is 2.17. The quantitative estimate of drug-likeness (QED) is 0.772. The molecular formula is C12H15N3O2. The fourth-order valence-corrected chi connectivity index (χ4v) is 1.72. The molecule has 5 heteroatoms. The molecule has 0 amide bonds. The number of ether oxygens (including phenoxy) is 1. The summed E-state index contributed by atoms with van der Waals surface area (Å²) in [5.74, 6) is -0.383. The first-order valence-corrected chi connectivity index (χ1v) is 5.56. The van der Waals surface area contributed by atoms with E-state index in [1.165, 1.54) is 0 Å². The molecule has 0 aliphatic rings. The summed E-state index contributed by atoms with van der Waals surface area (Å²) in [5, 5.41) is 8.04. The lowest BCUT2D eigenvalue weighted by Crippen LogP contribution is -2.34. The van der Waals surface area contributed by atoms with Crippen molar-refractivity contribution in [2.24, 2.45) is 5.73 Å². The van der Waals surface area contributed by atoms with Gasteiger partial charge in [0, 0.05) is 17.5 Å². The van der Waals surface area contributed by atoms with Crippen LogP contribution in [0.25, 0.3) is 10.9 Å². The number of esters is 1. The maximum Gasteiger partial charge on any atom is 0.323 e. The number of hydrogen-bond acceptors (Lipinski definition) is 4. The normalized spacial score (nSPS) is 12.6. The molecule has 1 unspecified atom stereocenters. The Kier molecular flexibility index (Phi) is 3.39. The molecule has 3 N–H and O–H groups in total. The van der Waals surface area contributed by atoms with Crippen LogP contribution in [0.1, 0.15) is 12.6 Å². The number of aromatic nitrogens is 2. The zero-order valence-electron chi connectivity index (χ0n) is 9.64. The maximum absolute atomic E-state index is 11.4. The molecule has 1 aromatic heterocycles. The zero-order chi connectivity index (χ0) is 12.3. The van der Waals surface area contributed by atoms with Gasteiger partial charge in [-0.3, -0.25) is 9.89 Å².